The van der Waals surface area contributed by atoms with Crippen LogP contribution in [0.3, 0.4) is 0 Å². The Hall–Kier alpha value is -1.35. The minimum Gasteiger partial charge on any atom is -0.494 e. The Kier molecular flexibility index (Phi) is 3.48. The first-order valence-electron chi connectivity index (χ1n) is 6.18. The van der Waals surface area contributed by atoms with Crippen LogP contribution in [0.25, 0.3) is 0 Å². The van der Waals surface area contributed by atoms with Crippen molar-refractivity contribution >= 4 is 5.78 Å². The number of nitrogens with one attached hydrogen (secondary N) is 1. The van der Waals surface area contributed by atoms with E-state index in [4.69, 9.17) is 4.74 Å². The summed E-state index contributed by atoms with van der Waals surface area (Å²) in [5.41, 5.74) is 0.373. The lowest BCUT2D eigenvalue weighted by Gasteiger charge is -2.22. The molecule has 0 bridgehead atoms. The lowest BCUT2D eigenvalue weighted by atomic mass is 9.90. The van der Waals surface area contributed by atoms with E-state index in [2.05, 4.69) is 5.32 Å². The summed E-state index contributed by atoms with van der Waals surface area (Å²) in [5.74, 6) is 0.992. The number of Topliss-reactive ketones (excluding diaryl/α,β-unsaturated/α-hetero) is 1. The fourth-order valence-electron chi connectivity index (χ4n) is 2.28. The van der Waals surface area contributed by atoms with Gasteiger partial charge in [0.15, 0.2) is 5.78 Å². The van der Waals surface area contributed by atoms with Gasteiger partial charge in [-0.25, -0.2) is 0 Å². The smallest absolute Gasteiger partial charge is 0.182 e. The van der Waals surface area contributed by atoms with E-state index in [9.17, 15) is 4.79 Å². The van der Waals surface area contributed by atoms with Crippen molar-refractivity contribution in [3.05, 3.63) is 29.8 Å². The zero-order chi connectivity index (χ0) is 12.3. The molecule has 92 valence electrons. The van der Waals surface area contributed by atoms with Gasteiger partial charge < -0.3 is 10.1 Å². The molecule has 1 saturated heterocycles. The zero-order valence-corrected chi connectivity index (χ0v) is 10.5. The van der Waals surface area contributed by atoms with Crippen molar-refractivity contribution in [3.63, 3.8) is 0 Å². The Labute approximate surface area is 102 Å². The van der Waals surface area contributed by atoms with Gasteiger partial charge in [-0.1, -0.05) is 0 Å². The number of benzene rings is 1. The first kappa shape index (κ1) is 12.1. The summed E-state index contributed by atoms with van der Waals surface area (Å²) < 4.78 is 5.36. The summed E-state index contributed by atoms with van der Waals surface area (Å²) in [4.78, 5) is 12.3. The molecular weight excluding hydrogens is 214 g/mol. The average molecular weight is 233 g/mol. The Bertz CT molecular complexity index is 391. The van der Waals surface area contributed by atoms with Gasteiger partial charge in [-0.05, 0) is 57.5 Å². The van der Waals surface area contributed by atoms with Crippen LogP contribution >= 0.6 is 0 Å². The minimum absolute atomic E-state index is 0.179. The summed E-state index contributed by atoms with van der Waals surface area (Å²) in [6.07, 6.45) is 1.98. The highest BCUT2D eigenvalue weighted by atomic mass is 16.5. The van der Waals surface area contributed by atoms with E-state index >= 15 is 0 Å². The number of hydrogen-bond donors (Lipinski definition) is 1. The molecule has 3 heteroatoms. The van der Waals surface area contributed by atoms with Crippen molar-refractivity contribution in [2.45, 2.75) is 32.2 Å². The van der Waals surface area contributed by atoms with Crippen LogP contribution in [0.5, 0.6) is 5.75 Å². The number of ether oxygens (including phenoxy) is 1. The van der Waals surface area contributed by atoms with E-state index in [0.717, 1.165) is 30.7 Å². The molecule has 1 heterocycles. The van der Waals surface area contributed by atoms with Gasteiger partial charge in [-0.15, -0.1) is 0 Å². The fourth-order valence-corrected chi connectivity index (χ4v) is 2.28. The molecule has 0 spiro atoms. The van der Waals surface area contributed by atoms with Crippen LogP contribution in [-0.2, 0) is 0 Å². The molecule has 17 heavy (non-hydrogen) atoms. The van der Waals surface area contributed by atoms with E-state index in [1.54, 1.807) is 0 Å². The van der Waals surface area contributed by atoms with E-state index in [-0.39, 0.29) is 11.3 Å². The number of carbonyl (C=O) groups excluding carboxylic acids is 1. The highest BCUT2D eigenvalue weighted by molar-refractivity contribution is 6.03. The third-order valence-electron chi connectivity index (χ3n) is 3.30. The molecule has 1 N–H and O–H groups in total. The van der Waals surface area contributed by atoms with Gasteiger partial charge in [0.1, 0.15) is 5.75 Å². The Morgan fingerprint density at radius 1 is 1.41 bits per heavy atom. The van der Waals surface area contributed by atoms with E-state index < -0.39 is 0 Å². The fraction of sp³-hybridized carbons (Fsp3) is 0.500. The SMILES string of the molecule is CCOc1ccc(C(=O)C2(C)CCCN2)cc1. The van der Waals surface area contributed by atoms with Gasteiger partial charge in [0.05, 0.1) is 12.1 Å². The van der Waals surface area contributed by atoms with Crippen LogP contribution in [0.4, 0.5) is 0 Å². The Morgan fingerprint density at radius 3 is 2.65 bits per heavy atom. The van der Waals surface area contributed by atoms with E-state index in [0.29, 0.717) is 6.61 Å². The number of rotatable bonds is 4. The summed E-state index contributed by atoms with van der Waals surface area (Å²) in [6, 6.07) is 7.40. The molecule has 1 aromatic rings. The molecule has 0 aromatic heterocycles. The second kappa shape index (κ2) is 4.88. The summed E-state index contributed by atoms with van der Waals surface area (Å²) >= 11 is 0. The maximum Gasteiger partial charge on any atom is 0.182 e. The highest BCUT2D eigenvalue weighted by Gasteiger charge is 2.36. The normalized spacial score (nSPS) is 23.6. The van der Waals surface area contributed by atoms with Gasteiger partial charge in [0.2, 0.25) is 0 Å². The Balaban J connectivity index is 2.14. The maximum absolute atomic E-state index is 12.3. The summed E-state index contributed by atoms with van der Waals surface area (Å²) in [7, 11) is 0. The molecule has 1 atom stereocenters. The third-order valence-corrected chi connectivity index (χ3v) is 3.30. The number of hydrogen-bond acceptors (Lipinski definition) is 3. The quantitative estimate of drug-likeness (QED) is 0.812. The Morgan fingerprint density at radius 2 is 2.12 bits per heavy atom. The monoisotopic (exact) mass is 233 g/mol. The molecule has 1 unspecified atom stereocenters. The largest absolute Gasteiger partial charge is 0.494 e. The predicted octanol–water partition coefficient (Wildman–Crippen LogP) is 2.41. The average Bonchev–Trinajstić information content (AvgIpc) is 2.78. The van der Waals surface area contributed by atoms with Crippen LogP contribution < -0.4 is 10.1 Å². The van der Waals surface area contributed by atoms with Gasteiger partial charge in [0, 0.05) is 5.56 Å². The molecule has 1 aliphatic rings. The first-order valence-corrected chi connectivity index (χ1v) is 6.18. The summed E-state index contributed by atoms with van der Waals surface area (Å²) in [6.45, 7) is 5.51. The minimum atomic E-state index is -0.382. The van der Waals surface area contributed by atoms with Crippen molar-refractivity contribution in [1.82, 2.24) is 5.32 Å². The second-order valence-corrected chi connectivity index (χ2v) is 4.65. The van der Waals surface area contributed by atoms with E-state index in [1.165, 1.54) is 0 Å². The van der Waals surface area contributed by atoms with Crippen molar-refractivity contribution in [2.24, 2.45) is 0 Å². The summed E-state index contributed by atoms with van der Waals surface area (Å²) in [5, 5.41) is 3.29. The highest BCUT2D eigenvalue weighted by Crippen LogP contribution is 2.24. The topological polar surface area (TPSA) is 38.3 Å². The van der Waals surface area contributed by atoms with Gasteiger partial charge in [-0.2, -0.15) is 0 Å². The number of carbonyl (C=O) groups is 1. The standard InChI is InChI=1S/C14H19NO2/c1-3-17-12-7-5-11(6-8-12)13(16)14(2)9-4-10-15-14/h5-8,15H,3-4,9-10H2,1-2H3. The molecule has 0 radical (unpaired) electrons. The maximum atomic E-state index is 12.3. The number of ketones is 1. The molecule has 3 nitrogen and oxygen atoms in total. The van der Waals surface area contributed by atoms with Crippen molar-refractivity contribution < 1.29 is 9.53 Å². The molecule has 0 amide bonds. The van der Waals surface area contributed by atoms with Crippen LogP contribution in [0.15, 0.2) is 24.3 Å². The molecule has 0 aliphatic carbocycles. The van der Waals surface area contributed by atoms with Crippen LogP contribution in [0.2, 0.25) is 0 Å². The second-order valence-electron chi connectivity index (χ2n) is 4.65. The molecule has 1 aliphatic heterocycles. The molecule has 2 rings (SSSR count). The lowest BCUT2D eigenvalue weighted by Crippen LogP contribution is -2.44. The predicted molar refractivity (Wildman–Crippen MR) is 67.6 cm³/mol. The van der Waals surface area contributed by atoms with Gasteiger partial charge >= 0.3 is 0 Å². The first-order chi connectivity index (χ1) is 8.15. The van der Waals surface area contributed by atoms with Crippen molar-refractivity contribution in [2.75, 3.05) is 13.2 Å². The van der Waals surface area contributed by atoms with Crippen LogP contribution in [0, 0.1) is 0 Å². The third kappa shape index (κ3) is 2.50. The zero-order valence-electron chi connectivity index (χ0n) is 10.5. The van der Waals surface area contributed by atoms with Gasteiger partial charge in [-0.3, -0.25) is 4.79 Å². The molecule has 1 aromatic carbocycles. The van der Waals surface area contributed by atoms with E-state index in [1.807, 2.05) is 38.1 Å². The van der Waals surface area contributed by atoms with Crippen molar-refractivity contribution in [3.8, 4) is 5.75 Å². The van der Waals surface area contributed by atoms with Crippen LogP contribution in [-0.4, -0.2) is 24.5 Å². The molecular formula is C14H19NO2. The molecule has 0 saturated carbocycles. The molecule has 1 fully saturated rings. The van der Waals surface area contributed by atoms with Crippen molar-refractivity contribution in [1.29, 1.82) is 0 Å². The van der Waals surface area contributed by atoms with Gasteiger partial charge in [0.25, 0.3) is 0 Å². The lowest BCUT2D eigenvalue weighted by molar-refractivity contribution is 0.0884. The van der Waals surface area contributed by atoms with Crippen LogP contribution in [0.1, 0.15) is 37.0 Å².